The first-order valence-electron chi connectivity index (χ1n) is 9.19. The van der Waals surface area contributed by atoms with E-state index in [1.54, 1.807) is 0 Å². The average Bonchev–Trinajstić information content (AvgIpc) is 3.26. The SMILES string of the molecule is C[C@@H]1CN(C(=O)CCc2ccc3c(c2)OCO3)C[C@H]1N1CCOCC1. The number of carbonyl (C=O) groups is 1. The molecule has 0 bridgehead atoms. The summed E-state index contributed by atoms with van der Waals surface area (Å²) in [6.07, 6.45) is 1.28. The molecular formula is C19H26N2O4. The molecule has 2 atom stereocenters. The molecule has 0 unspecified atom stereocenters. The number of ether oxygens (including phenoxy) is 3. The molecule has 1 amide bonds. The summed E-state index contributed by atoms with van der Waals surface area (Å²) in [5, 5.41) is 0. The number of hydrogen-bond acceptors (Lipinski definition) is 5. The second-order valence-corrected chi connectivity index (χ2v) is 7.18. The van der Waals surface area contributed by atoms with Gasteiger partial charge < -0.3 is 19.1 Å². The Morgan fingerprint density at radius 3 is 2.80 bits per heavy atom. The van der Waals surface area contributed by atoms with Gasteiger partial charge in [-0.15, -0.1) is 0 Å². The van der Waals surface area contributed by atoms with Crippen molar-refractivity contribution in [2.24, 2.45) is 5.92 Å². The van der Waals surface area contributed by atoms with Crippen molar-refractivity contribution in [2.45, 2.75) is 25.8 Å². The van der Waals surface area contributed by atoms with Crippen LogP contribution >= 0.6 is 0 Å². The topological polar surface area (TPSA) is 51.2 Å². The van der Waals surface area contributed by atoms with Crippen molar-refractivity contribution in [1.29, 1.82) is 0 Å². The first kappa shape index (κ1) is 16.7. The van der Waals surface area contributed by atoms with E-state index < -0.39 is 0 Å². The van der Waals surface area contributed by atoms with Crippen LogP contribution in [0.2, 0.25) is 0 Å². The lowest BCUT2D eigenvalue weighted by atomic mass is 10.0. The number of aryl methyl sites for hydroxylation is 1. The maximum absolute atomic E-state index is 12.7. The Morgan fingerprint density at radius 2 is 1.96 bits per heavy atom. The molecule has 6 heteroatoms. The highest BCUT2D eigenvalue weighted by Crippen LogP contribution is 2.33. The van der Waals surface area contributed by atoms with Gasteiger partial charge in [0, 0.05) is 38.6 Å². The minimum Gasteiger partial charge on any atom is -0.454 e. The fraction of sp³-hybridized carbons (Fsp3) is 0.632. The predicted octanol–water partition coefficient (Wildman–Crippen LogP) is 1.53. The summed E-state index contributed by atoms with van der Waals surface area (Å²) in [4.78, 5) is 17.2. The summed E-state index contributed by atoms with van der Waals surface area (Å²) >= 11 is 0. The van der Waals surface area contributed by atoms with Crippen molar-refractivity contribution in [3.05, 3.63) is 23.8 Å². The molecule has 6 nitrogen and oxygen atoms in total. The molecule has 3 aliphatic rings. The molecule has 2 saturated heterocycles. The molecule has 0 aliphatic carbocycles. The molecule has 25 heavy (non-hydrogen) atoms. The summed E-state index contributed by atoms with van der Waals surface area (Å²) in [7, 11) is 0. The Balaban J connectivity index is 1.31. The average molecular weight is 346 g/mol. The largest absolute Gasteiger partial charge is 0.454 e. The molecule has 3 aliphatic heterocycles. The lowest BCUT2D eigenvalue weighted by Gasteiger charge is -2.34. The number of rotatable bonds is 4. The highest BCUT2D eigenvalue weighted by Gasteiger charge is 2.36. The summed E-state index contributed by atoms with van der Waals surface area (Å²) in [5.41, 5.74) is 1.12. The first-order chi connectivity index (χ1) is 12.2. The third-order valence-corrected chi connectivity index (χ3v) is 5.50. The lowest BCUT2D eigenvalue weighted by Crippen LogP contribution is -2.47. The fourth-order valence-corrected chi connectivity index (χ4v) is 4.04. The van der Waals surface area contributed by atoms with Crippen LogP contribution in [-0.4, -0.2) is 67.9 Å². The van der Waals surface area contributed by atoms with Gasteiger partial charge in [0.25, 0.3) is 0 Å². The molecule has 1 aromatic carbocycles. The fourth-order valence-electron chi connectivity index (χ4n) is 4.04. The molecule has 136 valence electrons. The van der Waals surface area contributed by atoms with E-state index in [0.29, 0.717) is 18.4 Å². The molecule has 0 radical (unpaired) electrons. The Kier molecular flexibility index (Phi) is 4.81. The van der Waals surface area contributed by atoms with Crippen LogP contribution in [0.25, 0.3) is 0 Å². The Bertz CT molecular complexity index is 630. The molecule has 0 N–H and O–H groups in total. The van der Waals surface area contributed by atoms with E-state index >= 15 is 0 Å². The zero-order chi connectivity index (χ0) is 17.2. The van der Waals surface area contributed by atoms with Gasteiger partial charge in [-0.3, -0.25) is 9.69 Å². The number of hydrogen-bond donors (Lipinski definition) is 0. The Hall–Kier alpha value is -1.79. The Labute approximate surface area is 148 Å². The van der Waals surface area contributed by atoms with Gasteiger partial charge in [-0.2, -0.15) is 0 Å². The van der Waals surface area contributed by atoms with Crippen molar-refractivity contribution in [3.8, 4) is 11.5 Å². The van der Waals surface area contributed by atoms with Crippen LogP contribution < -0.4 is 9.47 Å². The maximum atomic E-state index is 12.7. The smallest absolute Gasteiger partial charge is 0.231 e. The monoisotopic (exact) mass is 346 g/mol. The third kappa shape index (κ3) is 3.60. The van der Waals surface area contributed by atoms with Crippen LogP contribution in [0.4, 0.5) is 0 Å². The molecule has 2 fully saturated rings. The second-order valence-electron chi connectivity index (χ2n) is 7.18. The molecular weight excluding hydrogens is 320 g/mol. The van der Waals surface area contributed by atoms with E-state index in [2.05, 4.69) is 11.8 Å². The normalized spacial score (nSPS) is 26.2. The van der Waals surface area contributed by atoms with Gasteiger partial charge in [-0.1, -0.05) is 13.0 Å². The highest BCUT2D eigenvalue weighted by atomic mass is 16.7. The van der Waals surface area contributed by atoms with Crippen LogP contribution in [0.15, 0.2) is 18.2 Å². The minimum absolute atomic E-state index is 0.250. The minimum atomic E-state index is 0.250. The lowest BCUT2D eigenvalue weighted by molar-refractivity contribution is -0.130. The number of fused-ring (bicyclic) bond motifs is 1. The molecule has 0 spiro atoms. The summed E-state index contributed by atoms with van der Waals surface area (Å²) < 4.78 is 16.2. The van der Waals surface area contributed by atoms with Crippen molar-refractivity contribution in [1.82, 2.24) is 9.80 Å². The summed E-state index contributed by atoms with van der Waals surface area (Å²) in [5.74, 6) is 2.34. The van der Waals surface area contributed by atoms with Gasteiger partial charge in [0.2, 0.25) is 12.7 Å². The van der Waals surface area contributed by atoms with Crippen LogP contribution in [0.3, 0.4) is 0 Å². The summed E-state index contributed by atoms with van der Waals surface area (Å²) in [6.45, 7) is 7.83. The highest BCUT2D eigenvalue weighted by molar-refractivity contribution is 5.77. The van der Waals surface area contributed by atoms with Gasteiger partial charge in [0.1, 0.15) is 0 Å². The first-order valence-corrected chi connectivity index (χ1v) is 9.19. The van der Waals surface area contributed by atoms with E-state index in [1.807, 2.05) is 23.1 Å². The number of likely N-dealkylation sites (tertiary alicyclic amines) is 1. The van der Waals surface area contributed by atoms with Crippen LogP contribution in [0, 0.1) is 5.92 Å². The van der Waals surface area contributed by atoms with Crippen molar-refractivity contribution < 1.29 is 19.0 Å². The standard InChI is InChI=1S/C19H26N2O4/c1-14-11-21(12-16(14)20-6-8-23-9-7-20)19(22)5-3-15-2-4-17-18(10-15)25-13-24-17/h2,4,10,14,16H,3,5-9,11-13H2,1H3/t14-,16-/m1/s1. The number of nitrogens with zero attached hydrogens (tertiary/aromatic N) is 2. The van der Waals surface area contributed by atoms with Gasteiger partial charge in [0.05, 0.1) is 13.2 Å². The third-order valence-electron chi connectivity index (χ3n) is 5.50. The van der Waals surface area contributed by atoms with Crippen LogP contribution in [0.1, 0.15) is 18.9 Å². The van der Waals surface area contributed by atoms with E-state index in [9.17, 15) is 4.79 Å². The van der Waals surface area contributed by atoms with Gasteiger partial charge in [0.15, 0.2) is 11.5 Å². The van der Waals surface area contributed by atoms with Crippen molar-refractivity contribution in [2.75, 3.05) is 46.2 Å². The maximum Gasteiger partial charge on any atom is 0.231 e. The van der Waals surface area contributed by atoms with Crippen molar-refractivity contribution in [3.63, 3.8) is 0 Å². The molecule has 0 saturated carbocycles. The molecule has 3 heterocycles. The van der Waals surface area contributed by atoms with Crippen LogP contribution in [-0.2, 0) is 16.0 Å². The number of carbonyl (C=O) groups excluding carboxylic acids is 1. The quantitative estimate of drug-likeness (QED) is 0.828. The van der Waals surface area contributed by atoms with E-state index in [4.69, 9.17) is 14.2 Å². The van der Waals surface area contributed by atoms with Gasteiger partial charge in [-0.05, 0) is 30.0 Å². The van der Waals surface area contributed by atoms with E-state index in [-0.39, 0.29) is 12.7 Å². The zero-order valence-electron chi connectivity index (χ0n) is 14.8. The second kappa shape index (κ2) is 7.22. The molecule has 4 rings (SSSR count). The number of benzene rings is 1. The predicted molar refractivity (Wildman–Crippen MR) is 92.8 cm³/mol. The van der Waals surface area contributed by atoms with Gasteiger partial charge in [-0.25, -0.2) is 0 Å². The number of morpholine rings is 1. The Morgan fingerprint density at radius 1 is 1.16 bits per heavy atom. The number of amides is 1. The van der Waals surface area contributed by atoms with Crippen LogP contribution in [0.5, 0.6) is 11.5 Å². The van der Waals surface area contributed by atoms with E-state index in [1.165, 1.54) is 0 Å². The molecule has 1 aromatic rings. The van der Waals surface area contributed by atoms with Gasteiger partial charge >= 0.3 is 0 Å². The zero-order valence-corrected chi connectivity index (χ0v) is 14.8. The summed E-state index contributed by atoms with van der Waals surface area (Å²) in [6, 6.07) is 6.40. The van der Waals surface area contributed by atoms with E-state index in [0.717, 1.165) is 62.9 Å². The van der Waals surface area contributed by atoms with Crippen molar-refractivity contribution >= 4 is 5.91 Å². The molecule has 0 aromatic heterocycles.